The summed E-state index contributed by atoms with van der Waals surface area (Å²) in [5.41, 5.74) is 2.54. The smallest absolute Gasteiger partial charge is 0.217 e. The first-order valence-electron chi connectivity index (χ1n) is 7.02. The zero-order valence-electron chi connectivity index (χ0n) is 11.6. The second kappa shape index (κ2) is 6.98. The van der Waals surface area contributed by atoms with Gasteiger partial charge in [-0.05, 0) is 30.9 Å². The van der Waals surface area contributed by atoms with Crippen LogP contribution in [0.4, 0.5) is 5.69 Å². The molecule has 0 radical (unpaired) electrons. The highest BCUT2D eigenvalue weighted by Crippen LogP contribution is 2.24. The van der Waals surface area contributed by atoms with Crippen LogP contribution >= 0.6 is 0 Å². The molecule has 0 aromatic heterocycles. The molecule has 0 unspecified atom stereocenters. The zero-order valence-corrected chi connectivity index (χ0v) is 11.6. The van der Waals surface area contributed by atoms with Crippen LogP contribution in [-0.2, 0) is 4.79 Å². The third kappa shape index (κ3) is 4.12. The molecule has 0 spiro atoms. The molecule has 0 atom stereocenters. The number of carbonyl (C=O) groups excluding carboxylic acids is 1. The number of para-hydroxylation sites is 1. The summed E-state index contributed by atoms with van der Waals surface area (Å²) in [7, 11) is 0. The maximum Gasteiger partial charge on any atom is 0.217 e. The average molecular weight is 258 g/mol. The molecule has 3 nitrogen and oxygen atoms in total. The van der Waals surface area contributed by atoms with Crippen LogP contribution in [0.3, 0.4) is 0 Å². The predicted octanol–water partition coefficient (Wildman–Crippen LogP) is 2.83. The van der Waals surface area contributed by atoms with E-state index in [0.29, 0.717) is 6.54 Å². The van der Waals surface area contributed by atoms with E-state index in [1.165, 1.54) is 37.4 Å². The summed E-state index contributed by atoms with van der Waals surface area (Å²) < 4.78 is 0. The molecule has 1 aliphatic heterocycles. The molecule has 0 saturated carbocycles. The molecule has 1 N–H and O–H groups in total. The standard InChI is InChI=1S/C16H22N2O/c1-14(19)17-11-7-9-15-8-3-4-10-16(15)18-12-5-2-6-13-18/h3-4,7-10H,2,5-6,11-13H2,1H3,(H,17,19). The average Bonchev–Trinajstić information content (AvgIpc) is 2.45. The number of anilines is 1. The molecule has 1 amide bonds. The molecule has 1 aliphatic rings. The SMILES string of the molecule is CC(=O)NCC=Cc1ccccc1N1CCCCC1. The number of nitrogens with one attached hydrogen (secondary N) is 1. The lowest BCUT2D eigenvalue weighted by atomic mass is 10.1. The zero-order chi connectivity index (χ0) is 13.5. The highest BCUT2D eigenvalue weighted by Gasteiger charge is 2.12. The molecule has 3 heteroatoms. The topological polar surface area (TPSA) is 32.3 Å². The van der Waals surface area contributed by atoms with Crippen LogP contribution in [0.25, 0.3) is 6.08 Å². The molecule has 102 valence electrons. The van der Waals surface area contributed by atoms with Crippen molar-refractivity contribution in [2.24, 2.45) is 0 Å². The third-order valence-electron chi connectivity index (χ3n) is 3.40. The summed E-state index contributed by atoms with van der Waals surface area (Å²) in [6.45, 7) is 4.42. The second-order valence-electron chi connectivity index (χ2n) is 4.95. The third-order valence-corrected chi connectivity index (χ3v) is 3.40. The largest absolute Gasteiger partial charge is 0.371 e. The first kappa shape index (κ1) is 13.7. The number of piperidine rings is 1. The number of hydrogen-bond donors (Lipinski definition) is 1. The van der Waals surface area contributed by atoms with Gasteiger partial charge in [-0.15, -0.1) is 0 Å². The first-order chi connectivity index (χ1) is 9.27. The molecular formula is C16H22N2O. The Morgan fingerprint density at radius 1 is 1.26 bits per heavy atom. The second-order valence-corrected chi connectivity index (χ2v) is 4.95. The van der Waals surface area contributed by atoms with E-state index in [1.807, 2.05) is 6.08 Å². The minimum atomic E-state index is 0.00830. The van der Waals surface area contributed by atoms with Crippen LogP contribution in [0.5, 0.6) is 0 Å². The Morgan fingerprint density at radius 3 is 2.74 bits per heavy atom. The van der Waals surface area contributed by atoms with E-state index >= 15 is 0 Å². The maximum atomic E-state index is 10.8. The van der Waals surface area contributed by atoms with Crippen molar-refractivity contribution in [2.75, 3.05) is 24.5 Å². The van der Waals surface area contributed by atoms with Gasteiger partial charge < -0.3 is 10.2 Å². The van der Waals surface area contributed by atoms with Gasteiger partial charge in [0.25, 0.3) is 0 Å². The Hall–Kier alpha value is -1.77. The van der Waals surface area contributed by atoms with Crippen molar-refractivity contribution in [3.8, 4) is 0 Å². The van der Waals surface area contributed by atoms with Gasteiger partial charge in [-0.25, -0.2) is 0 Å². The molecule has 1 heterocycles. The monoisotopic (exact) mass is 258 g/mol. The van der Waals surface area contributed by atoms with Crippen molar-refractivity contribution in [3.63, 3.8) is 0 Å². The van der Waals surface area contributed by atoms with Crippen molar-refractivity contribution in [3.05, 3.63) is 35.9 Å². The fraction of sp³-hybridized carbons (Fsp3) is 0.438. The fourth-order valence-electron chi connectivity index (χ4n) is 2.44. The van der Waals surface area contributed by atoms with Crippen LogP contribution in [-0.4, -0.2) is 25.5 Å². The molecule has 0 aliphatic carbocycles. The van der Waals surface area contributed by atoms with Crippen molar-refractivity contribution < 1.29 is 4.79 Å². The van der Waals surface area contributed by atoms with Crippen LogP contribution in [0, 0.1) is 0 Å². The predicted molar refractivity (Wildman–Crippen MR) is 80.2 cm³/mol. The Balaban J connectivity index is 2.05. The van der Waals surface area contributed by atoms with E-state index < -0.39 is 0 Å². The molecule has 19 heavy (non-hydrogen) atoms. The van der Waals surface area contributed by atoms with Gasteiger partial charge in [0.05, 0.1) is 0 Å². The first-order valence-corrected chi connectivity index (χ1v) is 7.02. The van der Waals surface area contributed by atoms with E-state index in [0.717, 1.165) is 13.1 Å². The molecule has 0 bridgehead atoms. The number of nitrogens with zero attached hydrogens (tertiary/aromatic N) is 1. The number of hydrogen-bond acceptors (Lipinski definition) is 2. The summed E-state index contributed by atoms with van der Waals surface area (Å²) >= 11 is 0. The van der Waals surface area contributed by atoms with Crippen LogP contribution in [0.2, 0.25) is 0 Å². The van der Waals surface area contributed by atoms with Gasteiger partial charge in [0.15, 0.2) is 0 Å². The Labute approximate surface area is 115 Å². The van der Waals surface area contributed by atoms with Crippen molar-refractivity contribution in [2.45, 2.75) is 26.2 Å². The molecule has 1 saturated heterocycles. The van der Waals surface area contributed by atoms with Gasteiger partial charge >= 0.3 is 0 Å². The number of carbonyl (C=O) groups is 1. The highest BCUT2D eigenvalue weighted by atomic mass is 16.1. The molecule has 1 aromatic rings. The van der Waals surface area contributed by atoms with Crippen molar-refractivity contribution in [1.29, 1.82) is 0 Å². The molecule has 1 aromatic carbocycles. The lowest BCUT2D eigenvalue weighted by molar-refractivity contribution is -0.118. The van der Waals surface area contributed by atoms with Gasteiger partial charge in [0.2, 0.25) is 5.91 Å². The van der Waals surface area contributed by atoms with Gasteiger partial charge in [0.1, 0.15) is 0 Å². The van der Waals surface area contributed by atoms with E-state index in [4.69, 9.17) is 0 Å². The van der Waals surface area contributed by atoms with E-state index in [1.54, 1.807) is 0 Å². The maximum absolute atomic E-state index is 10.8. The molecule has 1 fully saturated rings. The normalized spacial score (nSPS) is 15.7. The number of amides is 1. The lowest BCUT2D eigenvalue weighted by Gasteiger charge is -2.30. The summed E-state index contributed by atoms with van der Waals surface area (Å²) in [5.74, 6) is 0.00830. The van der Waals surface area contributed by atoms with E-state index in [-0.39, 0.29) is 5.91 Å². The quantitative estimate of drug-likeness (QED) is 0.900. The Morgan fingerprint density at radius 2 is 2.00 bits per heavy atom. The molecular weight excluding hydrogens is 236 g/mol. The number of rotatable bonds is 4. The summed E-state index contributed by atoms with van der Waals surface area (Å²) in [6.07, 6.45) is 8.01. The fourth-order valence-corrected chi connectivity index (χ4v) is 2.44. The summed E-state index contributed by atoms with van der Waals surface area (Å²) in [6, 6.07) is 8.47. The van der Waals surface area contributed by atoms with Crippen molar-refractivity contribution >= 4 is 17.7 Å². The van der Waals surface area contributed by atoms with E-state index in [9.17, 15) is 4.79 Å². The Kier molecular flexibility index (Phi) is 5.01. The minimum Gasteiger partial charge on any atom is -0.371 e. The molecule has 2 rings (SSSR count). The highest BCUT2D eigenvalue weighted by molar-refractivity contribution is 5.73. The van der Waals surface area contributed by atoms with Gasteiger partial charge in [-0.2, -0.15) is 0 Å². The minimum absolute atomic E-state index is 0.00830. The number of benzene rings is 1. The van der Waals surface area contributed by atoms with Crippen molar-refractivity contribution in [1.82, 2.24) is 5.32 Å². The summed E-state index contributed by atoms with van der Waals surface area (Å²) in [5, 5.41) is 2.78. The van der Waals surface area contributed by atoms with E-state index in [2.05, 4.69) is 40.6 Å². The van der Waals surface area contributed by atoms with Gasteiger partial charge in [0, 0.05) is 32.2 Å². The summed E-state index contributed by atoms with van der Waals surface area (Å²) in [4.78, 5) is 13.3. The van der Waals surface area contributed by atoms with Gasteiger partial charge in [-0.3, -0.25) is 4.79 Å². The van der Waals surface area contributed by atoms with Crippen LogP contribution in [0.1, 0.15) is 31.7 Å². The van der Waals surface area contributed by atoms with Gasteiger partial charge in [-0.1, -0.05) is 30.4 Å². The Bertz CT molecular complexity index is 448. The van der Waals surface area contributed by atoms with Crippen LogP contribution in [0.15, 0.2) is 30.3 Å². The van der Waals surface area contributed by atoms with Crippen LogP contribution < -0.4 is 10.2 Å². The lowest BCUT2D eigenvalue weighted by Crippen LogP contribution is -2.29.